The number of nitrogens with one attached hydrogen (secondary N) is 1. The Morgan fingerprint density at radius 1 is 1.21 bits per heavy atom. The summed E-state index contributed by atoms with van der Waals surface area (Å²) in [4.78, 5) is 28.6. The molecule has 3 rings (SSSR count). The number of carbonyl (C=O) groups is 2. The number of hydrogen-bond acceptors (Lipinski definition) is 5. The van der Waals surface area contributed by atoms with Gasteiger partial charge in [0.1, 0.15) is 5.75 Å². The fourth-order valence-electron chi connectivity index (χ4n) is 2.54. The monoisotopic (exact) mass is 415 g/mol. The van der Waals surface area contributed by atoms with Gasteiger partial charge in [0.15, 0.2) is 5.16 Å². The number of benzene rings is 2. The van der Waals surface area contributed by atoms with Crippen molar-refractivity contribution in [2.24, 2.45) is 0 Å². The molecular weight excluding hydrogens is 398 g/mol. The van der Waals surface area contributed by atoms with Crippen LogP contribution in [0.4, 0.5) is 0 Å². The van der Waals surface area contributed by atoms with E-state index in [0.717, 1.165) is 11.3 Å². The molecule has 0 unspecified atom stereocenters. The topological polar surface area (TPSA) is 73.2 Å². The molecule has 8 heteroatoms. The fourth-order valence-corrected chi connectivity index (χ4v) is 3.48. The minimum atomic E-state index is -0.456. The Balaban J connectivity index is 1.63. The number of imidazole rings is 1. The van der Waals surface area contributed by atoms with Crippen LogP contribution in [0.25, 0.3) is 5.69 Å². The Morgan fingerprint density at radius 2 is 1.96 bits per heavy atom. The summed E-state index contributed by atoms with van der Waals surface area (Å²) in [7, 11) is 1.55. The van der Waals surface area contributed by atoms with Crippen LogP contribution in [0.15, 0.2) is 60.0 Å². The highest BCUT2D eigenvalue weighted by molar-refractivity contribution is 7.99. The summed E-state index contributed by atoms with van der Waals surface area (Å²) >= 11 is 7.43. The second-order valence-electron chi connectivity index (χ2n) is 5.86. The smallest absolute Gasteiger partial charge is 0.257 e. The van der Waals surface area contributed by atoms with E-state index in [0.29, 0.717) is 21.5 Å². The number of aromatic nitrogens is 2. The van der Waals surface area contributed by atoms with Crippen LogP contribution in [0, 0.1) is 6.92 Å². The first-order chi connectivity index (χ1) is 13.5. The number of rotatable bonds is 6. The zero-order valence-corrected chi connectivity index (χ0v) is 16.9. The van der Waals surface area contributed by atoms with E-state index in [2.05, 4.69) is 10.3 Å². The van der Waals surface area contributed by atoms with Gasteiger partial charge in [-0.3, -0.25) is 19.5 Å². The second kappa shape index (κ2) is 8.95. The number of thioether (sulfide) groups is 1. The maximum Gasteiger partial charge on any atom is 0.257 e. The molecule has 1 aromatic heterocycles. The summed E-state index contributed by atoms with van der Waals surface area (Å²) in [6, 6.07) is 12.1. The van der Waals surface area contributed by atoms with Gasteiger partial charge in [-0.05, 0) is 48.9 Å². The SMILES string of the molecule is COc1ccc(C(=O)NC(=O)CSc2nccn2-c2cccc(Cl)c2C)cc1. The number of methoxy groups -OCH3 is 1. The van der Waals surface area contributed by atoms with E-state index in [1.54, 1.807) is 43.8 Å². The minimum absolute atomic E-state index is 0.0541. The molecule has 1 heterocycles. The molecular formula is C20H18ClN3O3S. The number of nitrogens with zero attached hydrogens (tertiary/aromatic N) is 2. The van der Waals surface area contributed by atoms with E-state index in [1.807, 2.05) is 29.7 Å². The van der Waals surface area contributed by atoms with E-state index < -0.39 is 11.8 Å². The van der Waals surface area contributed by atoms with E-state index in [4.69, 9.17) is 16.3 Å². The van der Waals surface area contributed by atoms with Gasteiger partial charge in [-0.15, -0.1) is 0 Å². The number of amides is 2. The fraction of sp³-hybridized carbons (Fsp3) is 0.150. The van der Waals surface area contributed by atoms with Gasteiger partial charge >= 0.3 is 0 Å². The van der Waals surface area contributed by atoms with Gasteiger partial charge in [-0.2, -0.15) is 0 Å². The van der Waals surface area contributed by atoms with Crippen molar-refractivity contribution in [1.82, 2.24) is 14.9 Å². The van der Waals surface area contributed by atoms with Gasteiger partial charge in [-0.25, -0.2) is 4.98 Å². The van der Waals surface area contributed by atoms with Crippen LogP contribution in [0.2, 0.25) is 5.02 Å². The van der Waals surface area contributed by atoms with Crippen molar-refractivity contribution in [1.29, 1.82) is 0 Å². The van der Waals surface area contributed by atoms with Gasteiger partial charge in [-0.1, -0.05) is 29.4 Å². The van der Waals surface area contributed by atoms with E-state index in [1.165, 1.54) is 11.8 Å². The van der Waals surface area contributed by atoms with Crippen molar-refractivity contribution < 1.29 is 14.3 Å². The molecule has 0 aliphatic carbocycles. The van der Waals surface area contributed by atoms with Crippen LogP contribution in [0.1, 0.15) is 15.9 Å². The average Bonchev–Trinajstić information content (AvgIpc) is 3.17. The van der Waals surface area contributed by atoms with Gasteiger partial charge < -0.3 is 4.74 Å². The van der Waals surface area contributed by atoms with E-state index >= 15 is 0 Å². The van der Waals surface area contributed by atoms with Crippen molar-refractivity contribution in [3.05, 3.63) is 71.0 Å². The molecule has 6 nitrogen and oxygen atoms in total. The third-order valence-electron chi connectivity index (χ3n) is 4.04. The highest BCUT2D eigenvalue weighted by Crippen LogP contribution is 2.26. The average molecular weight is 416 g/mol. The Morgan fingerprint density at radius 3 is 2.68 bits per heavy atom. The summed E-state index contributed by atoms with van der Waals surface area (Å²) in [5.41, 5.74) is 2.19. The van der Waals surface area contributed by atoms with Crippen molar-refractivity contribution >= 4 is 35.2 Å². The first-order valence-electron chi connectivity index (χ1n) is 8.39. The molecule has 0 bridgehead atoms. The lowest BCUT2D eigenvalue weighted by atomic mass is 10.2. The zero-order chi connectivity index (χ0) is 20.1. The summed E-state index contributed by atoms with van der Waals surface area (Å²) < 4.78 is 6.92. The van der Waals surface area contributed by atoms with Crippen LogP contribution in [0.3, 0.4) is 0 Å². The Labute approximate surface area is 171 Å². The largest absolute Gasteiger partial charge is 0.497 e. The molecule has 3 aromatic rings. The molecule has 0 saturated carbocycles. The Bertz CT molecular complexity index is 1000. The van der Waals surface area contributed by atoms with Crippen LogP contribution < -0.4 is 10.1 Å². The molecule has 0 spiro atoms. The highest BCUT2D eigenvalue weighted by atomic mass is 35.5. The number of halogens is 1. The first-order valence-corrected chi connectivity index (χ1v) is 9.76. The zero-order valence-electron chi connectivity index (χ0n) is 15.3. The lowest BCUT2D eigenvalue weighted by Crippen LogP contribution is -2.31. The van der Waals surface area contributed by atoms with Crippen LogP contribution >= 0.6 is 23.4 Å². The van der Waals surface area contributed by atoms with Gasteiger partial charge in [0.2, 0.25) is 5.91 Å². The quantitative estimate of drug-likeness (QED) is 0.618. The summed E-state index contributed by atoms with van der Waals surface area (Å²) in [6.07, 6.45) is 3.46. The van der Waals surface area contributed by atoms with Gasteiger partial charge in [0.25, 0.3) is 5.91 Å². The Hall–Kier alpha value is -2.77. The van der Waals surface area contributed by atoms with Crippen molar-refractivity contribution in [2.45, 2.75) is 12.1 Å². The standard InChI is InChI=1S/C20H18ClN3O3S/c1-13-16(21)4-3-5-17(13)24-11-10-22-20(24)28-12-18(25)23-19(26)14-6-8-15(27-2)9-7-14/h3-11H,12H2,1-2H3,(H,23,25,26). The number of ether oxygens (including phenoxy) is 1. The second-order valence-corrected chi connectivity index (χ2v) is 7.21. The highest BCUT2D eigenvalue weighted by Gasteiger charge is 2.14. The third kappa shape index (κ3) is 4.55. The summed E-state index contributed by atoms with van der Waals surface area (Å²) in [6.45, 7) is 1.92. The van der Waals surface area contributed by atoms with Crippen LogP contribution in [-0.4, -0.2) is 34.2 Å². The summed E-state index contributed by atoms with van der Waals surface area (Å²) in [5, 5.41) is 3.67. The molecule has 0 aliphatic rings. The van der Waals surface area contributed by atoms with Crippen molar-refractivity contribution in [3.63, 3.8) is 0 Å². The maximum atomic E-state index is 12.2. The maximum absolute atomic E-state index is 12.2. The predicted molar refractivity (Wildman–Crippen MR) is 110 cm³/mol. The van der Waals surface area contributed by atoms with Crippen LogP contribution in [0.5, 0.6) is 5.75 Å². The van der Waals surface area contributed by atoms with E-state index in [9.17, 15) is 9.59 Å². The van der Waals surface area contributed by atoms with Gasteiger partial charge in [0, 0.05) is 23.0 Å². The predicted octanol–water partition coefficient (Wildman–Crippen LogP) is 3.89. The Kier molecular flexibility index (Phi) is 6.38. The molecule has 1 N–H and O–H groups in total. The first kappa shape index (κ1) is 20.0. The number of hydrogen-bond donors (Lipinski definition) is 1. The molecule has 2 amide bonds. The lowest BCUT2D eigenvalue weighted by molar-refractivity contribution is -0.117. The molecule has 0 atom stereocenters. The van der Waals surface area contributed by atoms with Crippen molar-refractivity contribution in [2.75, 3.05) is 12.9 Å². The van der Waals surface area contributed by atoms with Gasteiger partial charge in [0.05, 0.1) is 18.6 Å². The third-order valence-corrected chi connectivity index (χ3v) is 5.42. The molecule has 0 saturated heterocycles. The molecule has 0 radical (unpaired) electrons. The molecule has 0 fully saturated rings. The number of imide groups is 1. The lowest BCUT2D eigenvalue weighted by Gasteiger charge is -2.11. The summed E-state index contributed by atoms with van der Waals surface area (Å²) in [5.74, 6) is -0.162. The van der Waals surface area contributed by atoms with E-state index in [-0.39, 0.29) is 5.75 Å². The molecule has 144 valence electrons. The molecule has 28 heavy (non-hydrogen) atoms. The molecule has 0 aliphatic heterocycles. The normalized spacial score (nSPS) is 10.5. The molecule has 2 aromatic carbocycles. The number of carbonyl (C=O) groups excluding carboxylic acids is 2. The minimum Gasteiger partial charge on any atom is -0.497 e. The van der Waals surface area contributed by atoms with Crippen LogP contribution in [-0.2, 0) is 4.79 Å². The van der Waals surface area contributed by atoms with Crippen molar-refractivity contribution in [3.8, 4) is 11.4 Å².